The average Bonchev–Trinajstić information content (AvgIpc) is 3.19. The molecule has 5 rings (SSSR count). The molecule has 5 aromatic rings. The molecule has 0 aliphatic rings. The van der Waals surface area contributed by atoms with E-state index in [1.807, 2.05) is 30.3 Å². The summed E-state index contributed by atoms with van der Waals surface area (Å²) in [5.74, 6) is 0. The lowest BCUT2D eigenvalue weighted by atomic mass is 10.1. The van der Waals surface area contributed by atoms with Gasteiger partial charge in [-0.1, -0.05) is 30.3 Å². The van der Waals surface area contributed by atoms with Crippen molar-refractivity contribution in [2.75, 3.05) is 0 Å². The van der Waals surface area contributed by atoms with Gasteiger partial charge in [0.15, 0.2) is 0 Å². The first kappa shape index (κ1) is 17.7. The molecule has 0 saturated heterocycles. The van der Waals surface area contributed by atoms with Gasteiger partial charge in [-0.2, -0.15) is 0 Å². The maximum Gasteiger partial charge on any atom is 0.266 e. The molecule has 0 aliphatic heterocycles. The third kappa shape index (κ3) is 2.72. The smallest absolute Gasteiger partial charge is 0.266 e. The van der Waals surface area contributed by atoms with E-state index in [2.05, 4.69) is 9.98 Å². The minimum absolute atomic E-state index is 0.104. The Morgan fingerprint density at radius 3 is 1.83 bits per heavy atom. The van der Waals surface area contributed by atoms with Gasteiger partial charge in [0.05, 0.1) is 32.9 Å². The van der Waals surface area contributed by atoms with E-state index in [9.17, 15) is 19.2 Å². The van der Waals surface area contributed by atoms with Crippen LogP contribution in [-0.2, 0) is 0 Å². The largest absolute Gasteiger partial charge is 0.288 e. The Balaban J connectivity index is 1.60. The molecule has 0 spiro atoms. The molecule has 0 fully saturated rings. The number of aliphatic imine (C=N–C) groups is 1. The first-order valence-electron chi connectivity index (χ1n) is 9.14. The number of hydrogen-bond acceptors (Lipinski definition) is 5. The molecule has 0 saturated carbocycles. The van der Waals surface area contributed by atoms with E-state index >= 15 is 0 Å². The van der Waals surface area contributed by atoms with E-state index in [0.29, 0.717) is 11.4 Å². The summed E-state index contributed by atoms with van der Waals surface area (Å²) in [7, 11) is 0. The van der Waals surface area contributed by atoms with Crippen LogP contribution in [0.15, 0.2) is 90.9 Å². The summed E-state index contributed by atoms with van der Waals surface area (Å²) < 4.78 is 1.03. The highest BCUT2D eigenvalue weighted by atomic mass is 16.2. The Labute approximate surface area is 167 Å². The van der Waals surface area contributed by atoms with E-state index in [-0.39, 0.29) is 21.5 Å². The van der Waals surface area contributed by atoms with Crippen LogP contribution in [0.25, 0.3) is 27.2 Å². The lowest BCUT2D eigenvalue weighted by molar-refractivity contribution is 0.991. The van der Waals surface area contributed by atoms with Crippen molar-refractivity contribution in [2.45, 2.75) is 0 Å². The van der Waals surface area contributed by atoms with E-state index in [1.165, 1.54) is 12.1 Å². The third-order valence-corrected chi connectivity index (χ3v) is 5.01. The van der Waals surface area contributed by atoms with Gasteiger partial charge in [-0.3, -0.25) is 29.2 Å². The zero-order valence-electron chi connectivity index (χ0n) is 15.5. The van der Waals surface area contributed by atoms with Crippen LogP contribution in [0.5, 0.6) is 0 Å². The summed E-state index contributed by atoms with van der Waals surface area (Å²) in [6.07, 6.45) is 1.72. The number of aromatic nitrogens is 2. The van der Waals surface area contributed by atoms with Crippen molar-refractivity contribution in [2.24, 2.45) is 4.99 Å². The molecular weight excluding hydrogens is 382 g/mol. The van der Waals surface area contributed by atoms with Crippen LogP contribution in [-0.4, -0.2) is 15.8 Å². The maximum atomic E-state index is 12.9. The number of benzene rings is 3. The van der Waals surface area contributed by atoms with Crippen LogP contribution < -0.4 is 22.2 Å². The fourth-order valence-electron chi connectivity index (χ4n) is 3.51. The molecule has 144 valence electrons. The summed E-state index contributed by atoms with van der Waals surface area (Å²) in [6.45, 7) is 0. The summed E-state index contributed by atoms with van der Waals surface area (Å²) in [6, 6.07) is 18.9. The maximum absolute atomic E-state index is 12.9. The van der Waals surface area contributed by atoms with E-state index in [0.717, 1.165) is 10.1 Å². The number of rotatable bonds is 3. The molecule has 0 amide bonds. The SMILES string of the molecule is O=c1[nH]c(=O)c2cc3c(=O)n(-c4ccc(N=Cc5ccccc5)cc4)c(=O)c3cc12. The lowest BCUT2D eigenvalue weighted by Gasteiger charge is -2.01. The first-order chi connectivity index (χ1) is 14.5. The van der Waals surface area contributed by atoms with Crippen molar-refractivity contribution in [3.8, 4) is 5.69 Å². The quantitative estimate of drug-likeness (QED) is 0.473. The Hall–Kier alpha value is -4.39. The highest BCUT2D eigenvalue weighted by Crippen LogP contribution is 2.18. The number of nitrogens with one attached hydrogen (secondary N) is 1. The minimum atomic E-state index is -0.572. The fourth-order valence-corrected chi connectivity index (χ4v) is 3.51. The molecule has 7 nitrogen and oxygen atoms in total. The van der Waals surface area contributed by atoms with Crippen molar-refractivity contribution in [1.29, 1.82) is 0 Å². The van der Waals surface area contributed by atoms with Gasteiger partial charge in [0.25, 0.3) is 22.2 Å². The van der Waals surface area contributed by atoms with Crippen LogP contribution in [0, 0.1) is 0 Å². The summed E-state index contributed by atoms with van der Waals surface area (Å²) in [5, 5.41) is 0.421. The van der Waals surface area contributed by atoms with Crippen LogP contribution >= 0.6 is 0 Å². The van der Waals surface area contributed by atoms with Gasteiger partial charge in [0.1, 0.15) is 0 Å². The molecule has 30 heavy (non-hydrogen) atoms. The van der Waals surface area contributed by atoms with E-state index < -0.39 is 22.2 Å². The average molecular weight is 395 g/mol. The summed E-state index contributed by atoms with van der Waals surface area (Å²) in [5.41, 5.74) is -0.213. The number of hydrogen-bond donors (Lipinski definition) is 1. The Kier molecular flexibility index (Phi) is 3.89. The summed E-state index contributed by atoms with van der Waals surface area (Å²) in [4.78, 5) is 56.0. The van der Waals surface area contributed by atoms with Gasteiger partial charge in [-0.05, 0) is 42.0 Å². The molecule has 2 aromatic heterocycles. The van der Waals surface area contributed by atoms with Crippen molar-refractivity contribution < 1.29 is 0 Å². The highest BCUT2D eigenvalue weighted by Gasteiger charge is 2.17. The molecule has 0 atom stereocenters. The van der Waals surface area contributed by atoms with Crippen LogP contribution in [0.3, 0.4) is 0 Å². The molecule has 0 bridgehead atoms. The van der Waals surface area contributed by atoms with Crippen molar-refractivity contribution in [3.05, 3.63) is 114 Å². The second-order valence-electron chi connectivity index (χ2n) is 6.86. The number of H-pyrrole nitrogens is 1. The zero-order chi connectivity index (χ0) is 20.8. The second-order valence-corrected chi connectivity index (χ2v) is 6.86. The van der Waals surface area contributed by atoms with Crippen molar-refractivity contribution in [3.63, 3.8) is 0 Å². The Morgan fingerprint density at radius 1 is 0.700 bits per heavy atom. The van der Waals surface area contributed by atoms with Gasteiger partial charge in [-0.15, -0.1) is 0 Å². The lowest BCUT2D eigenvalue weighted by Crippen LogP contribution is -2.23. The summed E-state index contributed by atoms with van der Waals surface area (Å²) >= 11 is 0. The molecule has 7 heteroatoms. The Bertz CT molecular complexity index is 1570. The van der Waals surface area contributed by atoms with Crippen LogP contribution in [0.4, 0.5) is 5.69 Å². The van der Waals surface area contributed by atoms with Crippen LogP contribution in [0.2, 0.25) is 0 Å². The number of nitrogens with zero attached hydrogens (tertiary/aromatic N) is 2. The molecule has 2 heterocycles. The normalized spacial score (nSPS) is 11.7. The second kappa shape index (κ2) is 6.59. The predicted octanol–water partition coefficient (Wildman–Crippen LogP) is 2.18. The van der Waals surface area contributed by atoms with Crippen molar-refractivity contribution in [1.82, 2.24) is 9.55 Å². The highest BCUT2D eigenvalue weighted by molar-refractivity contribution is 5.98. The van der Waals surface area contributed by atoms with Gasteiger partial charge in [-0.25, -0.2) is 4.57 Å². The molecule has 0 radical (unpaired) electrons. The molecule has 1 N–H and O–H groups in total. The van der Waals surface area contributed by atoms with E-state index in [1.54, 1.807) is 30.5 Å². The standard InChI is InChI=1S/C23H13N3O4/c27-20-16-10-18-19(11-17(16)21(28)25-20)23(30)26(22(18)29)15-8-6-14(7-9-15)24-12-13-4-2-1-3-5-13/h1-12H,(H,25,27,28). The number of aromatic amines is 1. The minimum Gasteiger partial charge on any atom is -0.288 e. The molecule has 0 aliphatic carbocycles. The number of fused-ring (bicyclic) bond motifs is 2. The van der Waals surface area contributed by atoms with Gasteiger partial charge in [0, 0.05) is 6.21 Å². The predicted molar refractivity (Wildman–Crippen MR) is 116 cm³/mol. The topological polar surface area (TPSA) is 101 Å². The Morgan fingerprint density at radius 2 is 1.27 bits per heavy atom. The fraction of sp³-hybridized carbons (Fsp3) is 0. The van der Waals surface area contributed by atoms with Gasteiger partial charge in [0.2, 0.25) is 0 Å². The van der Waals surface area contributed by atoms with Crippen LogP contribution in [0.1, 0.15) is 5.56 Å². The van der Waals surface area contributed by atoms with Gasteiger partial charge >= 0.3 is 0 Å². The zero-order valence-corrected chi connectivity index (χ0v) is 15.5. The first-order valence-corrected chi connectivity index (χ1v) is 9.14. The van der Waals surface area contributed by atoms with Crippen molar-refractivity contribution >= 4 is 33.4 Å². The molecular formula is C23H13N3O4. The molecule has 3 aromatic carbocycles. The van der Waals surface area contributed by atoms with E-state index in [4.69, 9.17) is 0 Å². The van der Waals surface area contributed by atoms with Gasteiger partial charge < -0.3 is 0 Å². The molecule has 0 unspecified atom stereocenters. The third-order valence-electron chi connectivity index (χ3n) is 5.01. The monoisotopic (exact) mass is 395 g/mol.